The second-order valence-electron chi connectivity index (χ2n) is 3.84. The van der Waals surface area contributed by atoms with E-state index >= 15 is 0 Å². The van der Waals surface area contributed by atoms with Gasteiger partial charge in [0.1, 0.15) is 0 Å². The highest BCUT2D eigenvalue weighted by Crippen LogP contribution is 2.31. The third-order valence-electron chi connectivity index (χ3n) is 2.68. The number of amides is 1. The van der Waals surface area contributed by atoms with Gasteiger partial charge in [0.15, 0.2) is 0 Å². The fraction of sp³-hybridized carbons (Fsp3) is 0.889. The van der Waals surface area contributed by atoms with Crippen LogP contribution in [-0.4, -0.2) is 29.0 Å². The highest BCUT2D eigenvalue weighted by Gasteiger charge is 2.38. The van der Waals surface area contributed by atoms with Crippen molar-refractivity contribution in [3.63, 3.8) is 0 Å². The number of halogens is 1. The molecule has 1 amide bonds. The summed E-state index contributed by atoms with van der Waals surface area (Å²) >= 11 is 5.56. The summed E-state index contributed by atoms with van der Waals surface area (Å²) in [6.07, 6.45) is 2.84. The van der Waals surface area contributed by atoms with E-state index in [0.29, 0.717) is 5.88 Å². The molecule has 1 aliphatic carbocycles. The topological polar surface area (TPSA) is 49.3 Å². The average molecular weight is 206 g/mol. The fourth-order valence-corrected chi connectivity index (χ4v) is 1.52. The summed E-state index contributed by atoms with van der Waals surface area (Å²) in [5.74, 6) is 0.0994. The Balaban J connectivity index is 2.42. The summed E-state index contributed by atoms with van der Waals surface area (Å²) in [4.78, 5) is 11.4. The van der Waals surface area contributed by atoms with Gasteiger partial charge in [-0.25, -0.2) is 0 Å². The summed E-state index contributed by atoms with van der Waals surface area (Å²) in [6, 6.07) is 0. The van der Waals surface area contributed by atoms with Crippen molar-refractivity contribution in [2.45, 2.75) is 31.7 Å². The van der Waals surface area contributed by atoms with E-state index in [0.717, 1.165) is 19.3 Å². The number of hydrogen-bond donors (Lipinski definition) is 2. The Morgan fingerprint density at radius 1 is 1.69 bits per heavy atom. The van der Waals surface area contributed by atoms with E-state index in [1.807, 2.05) is 0 Å². The van der Waals surface area contributed by atoms with Crippen LogP contribution < -0.4 is 5.32 Å². The van der Waals surface area contributed by atoms with Crippen LogP contribution in [0.5, 0.6) is 0 Å². The van der Waals surface area contributed by atoms with Crippen molar-refractivity contribution in [1.29, 1.82) is 0 Å². The number of rotatable bonds is 4. The molecule has 1 atom stereocenters. The number of hydrogen-bond acceptors (Lipinski definition) is 2. The lowest BCUT2D eigenvalue weighted by Gasteiger charge is -2.41. The fourth-order valence-electron chi connectivity index (χ4n) is 1.38. The minimum atomic E-state index is -0.336. The Labute approximate surface area is 83.5 Å². The van der Waals surface area contributed by atoms with Gasteiger partial charge in [-0.3, -0.25) is 4.79 Å². The summed E-state index contributed by atoms with van der Waals surface area (Å²) in [7, 11) is 0. The van der Waals surface area contributed by atoms with Crippen molar-refractivity contribution in [2.75, 3.05) is 12.5 Å². The summed E-state index contributed by atoms with van der Waals surface area (Å²) in [5, 5.41) is 11.9. The maximum absolute atomic E-state index is 11.4. The van der Waals surface area contributed by atoms with Gasteiger partial charge in [-0.2, -0.15) is 0 Å². The van der Waals surface area contributed by atoms with E-state index in [1.165, 1.54) is 0 Å². The predicted molar refractivity (Wildman–Crippen MR) is 51.7 cm³/mol. The molecule has 3 nitrogen and oxygen atoms in total. The van der Waals surface area contributed by atoms with E-state index < -0.39 is 0 Å². The van der Waals surface area contributed by atoms with Gasteiger partial charge in [-0.15, -0.1) is 11.6 Å². The molecule has 13 heavy (non-hydrogen) atoms. The minimum absolute atomic E-state index is 0.0355. The predicted octanol–water partition coefficient (Wildman–Crippen LogP) is 0.892. The van der Waals surface area contributed by atoms with Crippen LogP contribution in [0.2, 0.25) is 0 Å². The number of carbonyl (C=O) groups excluding carboxylic acids is 1. The van der Waals surface area contributed by atoms with Crippen molar-refractivity contribution < 1.29 is 9.90 Å². The molecule has 0 aromatic rings. The molecule has 0 aromatic heterocycles. The average Bonchev–Trinajstić information content (AvgIpc) is 2.09. The van der Waals surface area contributed by atoms with Crippen LogP contribution in [0, 0.1) is 5.92 Å². The van der Waals surface area contributed by atoms with Crippen LogP contribution in [0.25, 0.3) is 0 Å². The molecule has 1 fully saturated rings. The monoisotopic (exact) mass is 205 g/mol. The lowest BCUT2D eigenvalue weighted by atomic mass is 9.77. The zero-order valence-corrected chi connectivity index (χ0v) is 8.60. The molecule has 4 heteroatoms. The first-order valence-corrected chi connectivity index (χ1v) is 5.16. The Kier molecular flexibility index (Phi) is 3.56. The zero-order valence-electron chi connectivity index (χ0n) is 7.85. The van der Waals surface area contributed by atoms with Gasteiger partial charge in [0.05, 0.1) is 12.1 Å². The maximum Gasteiger partial charge on any atom is 0.224 e. The summed E-state index contributed by atoms with van der Waals surface area (Å²) in [5.41, 5.74) is -0.336. The number of nitrogens with one attached hydrogen (secondary N) is 1. The van der Waals surface area contributed by atoms with Gasteiger partial charge < -0.3 is 10.4 Å². The minimum Gasteiger partial charge on any atom is -0.394 e. The highest BCUT2D eigenvalue weighted by molar-refractivity contribution is 6.19. The van der Waals surface area contributed by atoms with E-state index in [-0.39, 0.29) is 24.0 Å². The second-order valence-corrected chi connectivity index (χ2v) is 4.15. The first-order valence-electron chi connectivity index (χ1n) is 4.62. The van der Waals surface area contributed by atoms with E-state index in [9.17, 15) is 4.79 Å². The molecule has 1 rings (SSSR count). The van der Waals surface area contributed by atoms with Crippen LogP contribution in [0.1, 0.15) is 26.2 Å². The molecule has 0 aliphatic heterocycles. The highest BCUT2D eigenvalue weighted by atomic mass is 35.5. The van der Waals surface area contributed by atoms with Gasteiger partial charge in [-0.05, 0) is 19.3 Å². The lowest BCUT2D eigenvalue weighted by molar-refractivity contribution is -0.127. The van der Waals surface area contributed by atoms with Gasteiger partial charge in [0.25, 0.3) is 0 Å². The molecule has 0 radical (unpaired) electrons. The quantitative estimate of drug-likeness (QED) is 0.670. The van der Waals surface area contributed by atoms with Gasteiger partial charge in [-0.1, -0.05) is 6.92 Å². The van der Waals surface area contributed by atoms with Gasteiger partial charge in [0.2, 0.25) is 5.91 Å². The van der Waals surface area contributed by atoms with E-state index in [2.05, 4.69) is 5.32 Å². The zero-order chi connectivity index (χ0) is 9.90. The third kappa shape index (κ3) is 2.35. The number of aliphatic hydroxyl groups excluding tert-OH is 1. The molecular weight excluding hydrogens is 190 g/mol. The second kappa shape index (κ2) is 4.29. The van der Waals surface area contributed by atoms with E-state index in [4.69, 9.17) is 16.7 Å². The van der Waals surface area contributed by atoms with Crippen molar-refractivity contribution in [3.8, 4) is 0 Å². The van der Waals surface area contributed by atoms with Gasteiger partial charge >= 0.3 is 0 Å². The van der Waals surface area contributed by atoms with Crippen molar-refractivity contribution in [1.82, 2.24) is 5.32 Å². The molecule has 1 saturated carbocycles. The Morgan fingerprint density at radius 3 is 2.62 bits per heavy atom. The lowest BCUT2D eigenvalue weighted by Crippen LogP contribution is -2.57. The normalized spacial score (nSPS) is 21.8. The summed E-state index contributed by atoms with van der Waals surface area (Å²) < 4.78 is 0. The van der Waals surface area contributed by atoms with Crippen LogP contribution in [-0.2, 0) is 4.79 Å². The molecule has 2 N–H and O–H groups in total. The Hall–Kier alpha value is -0.280. The summed E-state index contributed by atoms with van der Waals surface area (Å²) in [6.45, 7) is 1.82. The standard InChI is InChI=1S/C9H16ClNO2/c1-7(5-10)8(13)11-9(6-12)3-2-4-9/h7,12H,2-6H2,1H3,(H,11,13). The van der Waals surface area contributed by atoms with E-state index in [1.54, 1.807) is 6.92 Å². The number of aliphatic hydroxyl groups is 1. The first-order chi connectivity index (χ1) is 6.13. The van der Waals surface area contributed by atoms with Crippen molar-refractivity contribution in [2.24, 2.45) is 5.92 Å². The van der Waals surface area contributed by atoms with Crippen molar-refractivity contribution in [3.05, 3.63) is 0 Å². The SMILES string of the molecule is CC(CCl)C(=O)NC1(CO)CCC1. The third-order valence-corrected chi connectivity index (χ3v) is 3.14. The molecule has 0 bridgehead atoms. The van der Waals surface area contributed by atoms with Crippen LogP contribution in [0.4, 0.5) is 0 Å². The van der Waals surface area contributed by atoms with Crippen LogP contribution >= 0.6 is 11.6 Å². The molecule has 1 unspecified atom stereocenters. The smallest absolute Gasteiger partial charge is 0.224 e. The number of carbonyl (C=O) groups is 1. The maximum atomic E-state index is 11.4. The van der Waals surface area contributed by atoms with Crippen molar-refractivity contribution >= 4 is 17.5 Å². The molecule has 0 spiro atoms. The van der Waals surface area contributed by atoms with Crippen LogP contribution in [0.3, 0.4) is 0 Å². The largest absolute Gasteiger partial charge is 0.394 e. The molecule has 0 heterocycles. The molecule has 0 aromatic carbocycles. The van der Waals surface area contributed by atoms with Gasteiger partial charge in [0, 0.05) is 11.8 Å². The molecule has 0 saturated heterocycles. The Bertz CT molecular complexity index is 187. The van der Waals surface area contributed by atoms with Crippen LogP contribution in [0.15, 0.2) is 0 Å². The molecule has 76 valence electrons. The molecule has 1 aliphatic rings. The molecular formula is C9H16ClNO2. The Morgan fingerprint density at radius 2 is 2.31 bits per heavy atom. The number of alkyl halides is 1. The first kappa shape index (κ1) is 10.8.